The van der Waals surface area contributed by atoms with Crippen LogP contribution in [-0.4, -0.2) is 73.1 Å². The summed E-state index contributed by atoms with van der Waals surface area (Å²) in [4.78, 5) is 24.6. The van der Waals surface area contributed by atoms with Gasteiger partial charge in [-0.15, -0.1) is 0 Å². The number of nitrogen functional groups attached to an aromatic ring is 1. The average molecular weight is 599 g/mol. The van der Waals surface area contributed by atoms with E-state index in [4.69, 9.17) is 24.5 Å². The highest BCUT2D eigenvalue weighted by atomic mass is 31.2. The number of halogens is 2. The number of nitrogens with one attached hydrogen (secondary N) is 1. The first-order valence-corrected chi connectivity index (χ1v) is 14.7. The number of rotatable bonds is 11. The van der Waals surface area contributed by atoms with Gasteiger partial charge in [-0.25, -0.2) is 18.9 Å². The highest BCUT2D eigenvalue weighted by Crippen LogP contribution is 2.55. The molecule has 4 N–H and O–H groups in total. The second-order valence-corrected chi connectivity index (χ2v) is 12.1. The SMILES string of the molecule is CCOc1nc(N)nc2c1ncn2[C@@H]1O[C@](F)(CP(=O)(N[C@@H](C)C(=O)OC(C)C)Oc2ccccc2)[C@@H](O)[C@@]1(C)F. The normalized spacial score (nSPS) is 26.6. The van der Waals surface area contributed by atoms with Crippen LogP contribution in [0.2, 0.25) is 0 Å². The zero-order valence-corrected chi connectivity index (χ0v) is 24.0. The van der Waals surface area contributed by atoms with E-state index in [9.17, 15) is 14.5 Å². The summed E-state index contributed by atoms with van der Waals surface area (Å²) in [5.41, 5.74) is 3.05. The lowest BCUT2D eigenvalue weighted by Crippen LogP contribution is -2.48. The molecule has 1 aliphatic rings. The van der Waals surface area contributed by atoms with Gasteiger partial charge in [-0.1, -0.05) is 18.2 Å². The van der Waals surface area contributed by atoms with E-state index in [2.05, 4.69) is 20.0 Å². The number of carbonyl (C=O) groups is 1. The third-order valence-corrected chi connectivity index (χ3v) is 8.32. The number of para-hydroxylation sites is 1. The standard InChI is InChI=1S/C25H33F2N6O7P/c1-6-37-19-17-18(30-23(28)31-19)33(13-29-17)22-24(5,26)21(35)25(27,39-22)12-41(36,40-16-10-8-7-9-11-16)32-15(4)20(34)38-14(2)3/h7-11,13-15,21-22,35H,6,12H2,1-5H3,(H,32,36)(H2,28,30,31)/t15-,21-,22+,24+,25+,41?/m0/s1. The zero-order chi connectivity index (χ0) is 30.2. The molecule has 0 aliphatic carbocycles. The summed E-state index contributed by atoms with van der Waals surface area (Å²) in [6, 6.07) is 6.55. The molecule has 6 atom stereocenters. The van der Waals surface area contributed by atoms with Gasteiger partial charge in [0.15, 0.2) is 29.2 Å². The first-order chi connectivity index (χ1) is 19.2. The third kappa shape index (κ3) is 6.27. The molecular formula is C25H33F2N6O7P. The summed E-state index contributed by atoms with van der Waals surface area (Å²) >= 11 is 0. The van der Waals surface area contributed by atoms with Crippen molar-refractivity contribution < 1.29 is 42.0 Å². The quantitative estimate of drug-likeness (QED) is 0.217. The van der Waals surface area contributed by atoms with Gasteiger partial charge in [0.2, 0.25) is 11.8 Å². The maximum Gasteiger partial charge on any atom is 0.323 e. The van der Waals surface area contributed by atoms with Gasteiger partial charge in [-0.05, 0) is 46.8 Å². The number of hydrogen-bond acceptors (Lipinski definition) is 11. The maximum atomic E-state index is 16.5. The fourth-order valence-corrected chi connectivity index (χ4v) is 6.59. The predicted molar refractivity (Wildman–Crippen MR) is 144 cm³/mol. The number of fused-ring (bicyclic) bond motifs is 1. The van der Waals surface area contributed by atoms with Crippen LogP contribution < -0.4 is 20.1 Å². The highest BCUT2D eigenvalue weighted by molar-refractivity contribution is 7.57. The molecule has 16 heteroatoms. The van der Waals surface area contributed by atoms with Crippen molar-refractivity contribution in [2.75, 3.05) is 18.5 Å². The summed E-state index contributed by atoms with van der Waals surface area (Å²) in [6.45, 7) is 7.45. The second kappa shape index (κ2) is 11.5. The summed E-state index contributed by atoms with van der Waals surface area (Å²) < 4.78 is 69.5. The van der Waals surface area contributed by atoms with E-state index in [1.807, 2.05) is 0 Å². The number of aromatic nitrogens is 4. The molecular weight excluding hydrogens is 565 g/mol. The Balaban J connectivity index is 1.70. The molecule has 1 unspecified atom stereocenters. The van der Waals surface area contributed by atoms with Crippen molar-refractivity contribution in [1.29, 1.82) is 0 Å². The van der Waals surface area contributed by atoms with Gasteiger partial charge in [0.25, 0.3) is 5.85 Å². The van der Waals surface area contributed by atoms with Crippen LogP contribution in [-0.2, 0) is 18.8 Å². The van der Waals surface area contributed by atoms with E-state index in [0.717, 1.165) is 17.8 Å². The van der Waals surface area contributed by atoms with E-state index in [0.29, 0.717) is 0 Å². The molecule has 1 saturated heterocycles. The van der Waals surface area contributed by atoms with Crippen LogP contribution in [0.3, 0.4) is 0 Å². The van der Waals surface area contributed by atoms with Gasteiger partial charge >= 0.3 is 13.5 Å². The Hall–Kier alpha value is -3.39. The molecule has 13 nitrogen and oxygen atoms in total. The van der Waals surface area contributed by atoms with Crippen LogP contribution in [0.5, 0.6) is 11.6 Å². The number of carbonyl (C=O) groups excluding carboxylic acids is 1. The molecule has 0 bridgehead atoms. The minimum atomic E-state index is -4.45. The number of hydrogen-bond donors (Lipinski definition) is 3. The monoisotopic (exact) mass is 598 g/mol. The molecule has 224 valence electrons. The van der Waals surface area contributed by atoms with Crippen LogP contribution in [0.4, 0.5) is 14.7 Å². The van der Waals surface area contributed by atoms with E-state index in [1.165, 1.54) is 19.1 Å². The van der Waals surface area contributed by atoms with E-state index in [1.54, 1.807) is 39.0 Å². The number of ether oxygens (including phenoxy) is 3. The topological polar surface area (TPSA) is 173 Å². The zero-order valence-electron chi connectivity index (χ0n) is 23.2. The van der Waals surface area contributed by atoms with Crippen LogP contribution in [0.1, 0.15) is 40.8 Å². The molecule has 1 aromatic carbocycles. The molecule has 1 aliphatic heterocycles. The van der Waals surface area contributed by atoms with Crippen LogP contribution in [0.15, 0.2) is 36.7 Å². The van der Waals surface area contributed by atoms with Gasteiger partial charge in [-0.2, -0.15) is 9.97 Å². The Morgan fingerprint density at radius 1 is 1.27 bits per heavy atom. The molecule has 0 spiro atoms. The average Bonchev–Trinajstić information content (AvgIpc) is 3.36. The van der Waals surface area contributed by atoms with Crippen molar-refractivity contribution in [2.24, 2.45) is 0 Å². The number of alkyl halides is 2. The molecule has 41 heavy (non-hydrogen) atoms. The lowest BCUT2D eigenvalue weighted by Gasteiger charge is -2.30. The first kappa shape index (κ1) is 30.6. The van der Waals surface area contributed by atoms with Gasteiger partial charge in [0, 0.05) is 0 Å². The highest BCUT2D eigenvalue weighted by Gasteiger charge is 2.66. The summed E-state index contributed by atoms with van der Waals surface area (Å²) in [5, 5.41) is 13.4. The molecule has 4 rings (SSSR count). The Kier molecular flexibility index (Phi) is 8.55. The number of nitrogens with zero attached hydrogens (tertiary/aromatic N) is 4. The molecule has 2 aromatic heterocycles. The van der Waals surface area contributed by atoms with Gasteiger partial charge in [0.05, 0.1) is 19.0 Å². The molecule has 3 heterocycles. The van der Waals surface area contributed by atoms with Crippen molar-refractivity contribution in [1.82, 2.24) is 24.6 Å². The molecule has 0 amide bonds. The third-order valence-electron chi connectivity index (χ3n) is 6.19. The smallest absolute Gasteiger partial charge is 0.323 e. The van der Waals surface area contributed by atoms with Crippen molar-refractivity contribution in [3.63, 3.8) is 0 Å². The van der Waals surface area contributed by atoms with Gasteiger partial charge < -0.3 is 29.6 Å². The van der Waals surface area contributed by atoms with Crippen molar-refractivity contribution in [2.45, 2.75) is 70.6 Å². The number of benzene rings is 1. The number of nitrogens with two attached hydrogens (primary N) is 1. The van der Waals surface area contributed by atoms with Gasteiger partial charge in [-0.3, -0.25) is 13.9 Å². The van der Waals surface area contributed by atoms with Crippen LogP contribution in [0.25, 0.3) is 11.2 Å². The number of esters is 1. The molecule has 3 aromatic rings. The first-order valence-electron chi connectivity index (χ1n) is 12.9. The van der Waals surface area contributed by atoms with Crippen molar-refractivity contribution in [3.05, 3.63) is 36.7 Å². The molecule has 1 fully saturated rings. The summed E-state index contributed by atoms with van der Waals surface area (Å²) in [6.07, 6.45) is -4.85. The number of imidazole rings is 1. The Bertz CT molecular complexity index is 1440. The van der Waals surface area contributed by atoms with Gasteiger partial charge in [0.1, 0.15) is 18.0 Å². The maximum absolute atomic E-state index is 16.5. The minimum absolute atomic E-state index is 0.0200. The fourth-order valence-electron chi connectivity index (χ4n) is 4.41. The van der Waals surface area contributed by atoms with Crippen molar-refractivity contribution >= 4 is 30.6 Å². The van der Waals surface area contributed by atoms with E-state index >= 15 is 8.78 Å². The summed E-state index contributed by atoms with van der Waals surface area (Å²) in [5.74, 6) is -4.18. The molecule has 0 saturated carbocycles. The predicted octanol–water partition coefficient (Wildman–Crippen LogP) is 3.29. The number of anilines is 1. The number of aliphatic hydroxyl groups excluding tert-OH is 1. The van der Waals surface area contributed by atoms with E-state index < -0.39 is 55.7 Å². The second-order valence-electron chi connectivity index (χ2n) is 10.0. The van der Waals surface area contributed by atoms with E-state index in [-0.39, 0.29) is 35.3 Å². The van der Waals surface area contributed by atoms with Crippen molar-refractivity contribution in [3.8, 4) is 11.6 Å². The largest absolute Gasteiger partial charge is 0.476 e. The Labute approximate surface area is 234 Å². The van der Waals surface area contributed by atoms with Crippen LogP contribution in [0, 0.1) is 0 Å². The minimum Gasteiger partial charge on any atom is -0.476 e. The lowest BCUT2D eigenvalue weighted by molar-refractivity contribution is -0.171. The fraction of sp³-hybridized carbons (Fsp3) is 0.520. The molecule has 0 radical (unpaired) electrons. The Morgan fingerprint density at radius 2 is 1.95 bits per heavy atom. The lowest BCUT2D eigenvalue weighted by atomic mass is 9.98. The van der Waals surface area contributed by atoms with Crippen LogP contribution >= 0.6 is 7.52 Å². The number of aliphatic hydroxyl groups is 1. The summed E-state index contributed by atoms with van der Waals surface area (Å²) in [7, 11) is -4.45. The Morgan fingerprint density at radius 3 is 2.59 bits per heavy atom.